The second kappa shape index (κ2) is 5.26. The van der Waals surface area contributed by atoms with E-state index in [1.165, 1.54) is 0 Å². The van der Waals surface area contributed by atoms with Gasteiger partial charge >= 0.3 is 6.36 Å². The SMILES string of the molecule is Fc1cc(NCCOC(F)(F)F)cc(F)c1F. The van der Waals surface area contributed by atoms with Crippen molar-refractivity contribution in [3.8, 4) is 0 Å². The Kier molecular flexibility index (Phi) is 4.22. The zero-order valence-corrected chi connectivity index (χ0v) is 8.24. The summed E-state index contributed by atoms with van der Waals surface area (Å²) >= 11 is 0. The first-order chi connectivity index (χ1) is 7.79. The summed E-state index contributed by atoms with van der Waals surface area (Å²) in [7, 11) is 0. The molecular formula is C9H7F6NO. The number of ether oxygens (including phenoxy) is 1. The maximum Gasteiger partial charge on any atom is 0.522 e. The van der Waals surface area contributed by atoms with Gasteiger partial charge in [-0.15, -0.1) is 13.2 Å². The molecule has 8 heteroatoms. The fraction of sp³-hybridized carbons (Fsp3) is 0.333. The Morgan fingerprint density at radius 2 is 1.59 bits per heavy atom. The van der Waals surface area contributed by atoms with Gasteiger partial charge in [0.05, 0.1) is 6.61 Å². The van der Waals surface area contributed by atoms with E-state index in [4.69, 9.17) is 0 Å². The van der Waals surface area contributed by atoms with Crippen LogP contribution in [0.3, 0.4) is 0 Å². The molecule has 17 heavy (non-hydrogen) atoms. The quantitative estimate of drug-likeness (QED) is 0.509. The molecule has 0 bridgehead atoms. The van der Waals surface area contributed by atoms with Crippen molar-refractivity contribution in [2.24, 2.45) is 0 Å². The molecule has 0 aromatic heterocycles. The van der Waals surface area contributed by atoms with Crippen molar-refractivity contribution in [3.05, 3.63) is 29.6 Å². The zero-order valence-electron chi connectivity index (χ0n) is 8.24. The lowest BCUT2D eigenvalue weighted by atomic mass is 10.3. The standard InChI is InChI=1S/C9H7F6NO/c10-6-3-5(4-7(11)8(6)12)16-1-2-17-9(13,14)15/h3-4,16H,1-2H2. The number of anilines is 1. The third-order valence-corrected chi connectivity index (χ3v) is 1.68. The molecule has 0 radical (unpaired) electrons. The number of hydrogen-bond donors (Lipinski definition) is 1. The van der Waals surface area contributed by atoms with Gasteiger partial charge in [0.15, 0.2) is 17.5 Å². The molecule has 1 aromatic carbocycles. The lowest BCUT2D eigenvalue weighted by Crippen LogP contribution is -2.19. The van der Waals surface area contributed by atoms with Crippen molar-refractivity contribution in [2.45, 2.75) is 6.36 Å². The molecule has 0 spiro atoms. The molecule has 1 N–H and O–H groups in total. The van der Waals surface area contributed by atoms with Crippen molar-refractivity contribution in [1.29, 1.82) is 0 Å². The van der Waals surface area contributed by atoms with E-state index in [0.717, 1.165) is 0 Å². The Hall–Kier alpha value is -1.44. The molecule has 0 atom stereocenters. The highest BCUT2D eigenvalue weighted by Crippen LogP contribution is 2.18. The van der Waals surface area contributed by atoms with E-state index in [-0.39, 0.29) is 12.2 Å². The van der Waals surface area contributed by atoms with Crippen LogP contribution in [0, 0.1) is 17.5 Å². The van der Waals surface area contributed by atoms with Gasteiger partial charge in [-0.25, -0.2) is 13.2 Å². The average molecular weight is 259 g/mol. The summed E-state index contributed by atoms with van der Waals surface area (Å²) in [5.74, 6) is -4.49. The van der Waals surface area contributed by atoms with E-state index < -0.39 is 30.4 Å². The monoisotopic (exact) mass is 259 g/mol. The summed E-state index contributed by atoms with van der Waals surface area (Å²) in [6.45, 7) is -1.06. The summed E-state index contributed by atoms with van der Waals surface area (Å²) < 4.78 is 75.9. The first-order valence-electron chi connectivity index (χ1n) is 4.38. The predicted octanol–water partition coefficient (Wildman–Crippen LogP) is 3.05. The summed E-state index contributed by atoms with van der Waals surface area (Å²) in [5.41, 5.74) is -0.174. The summed E-state index contributed by atoms with van der Waals surface area (Å²) in [5, 5.41) is 2.25. The number of nitrogens with one attached hydrogen (secondary N) is 1. The average Bonchev–Trinajstić information content (AvgIpc) is 2.19. The lowest BCUT2D eigenvalue weighted by molar-refractivity contribution is -0.322. The topological polar surface area (TPSA) is 21.3 Å². The molecule has 0 saturated heterocycles. The maximum absolute atomic E-state index is 12.7. The molecule has 1 aromatic rings. The van der Waals surface area contributed by atoms with Gasteiger partial charge in [-0.3, -0.25) is 4.74 Å². The Labute approximate surface area is 92.2 Å². The van der Waals surface area contributed by atoms with Gasteiger partial charge in [0, 0.05) is 24.4 Å². The van der Waals surface area contributed by atoms with Crippen LogP contribution in [0.5, 0.6) is 0 Å². The van der Waals surface area contributed by atoms with Crippen LogP contribution in [0.1, 0.15) is 0 Å². The van der Waals surface area contributed by atoms with Gasteiger partial charge in [-0.1, -0.05) is 0 Å². The Morgan fingerprint density at radius 3 is 2.06 bits per heavy atom. The maximum atomic E-state index is 12.7. The lowest BCUT2D eigenvalue weighted by Gasteiger charge is -2.09. The van der Waals surface area contributed by atoms with Crippen LogP contribution in [-0.2, 0) is 4.74 Å². The highest BCUT2D eigenvalue weighted by Gasteiger charge is 2.28. The van der Waals surface area contributed by atoms with Gasteiger partial charge in [-0.05, 0) is 0 Å². The van der Waals surface area contributed by atoms with Crippen molar-refractivity contribution in [1.82, 2.24) is 0 Å². The van der Waals surface area contributed by atoms with Crippen LogP contribution in [0.15, 0.2) is 12.1 Å². The summed E-state index contributed by atoms with van der Waals surface area (Å²) in [6, 6.07) is 1.26. The largest absolute Gasteiger partial charge is 0.522 e. The van der Waals surface area contributed by atoms with Gasteiger partial charge in [-0.2, -0.15) is 0 Å². The molecule has 0 amide bonds. The van der Waals surface area contributed by atoms with E-state index >= 15 is 0 Å². The number of halogens is 6. The molecule has 0 heterocycles. The highest BCUT2D eigenvalue weighted by atomic mass is 19.4. The molecular weight excluding hydrogens is 252 g/mol. The van der Waals surface area contributed by atoms with E-state index in [0.29, 0.717) is 12.1 Å². The van der Waals surface area contributed by atoms with Gasteiger partial charge < -0.3 is 5.32 Å². The second-order valence-electron chi connectivity index (χ2n) is 2.97. The molecule has 0 aliphatic rings. The van der Waals surface area contributed by atoms with Crippen LogP contribution in [0.4, 0.5) is 32.0 Å². The first-order valence-corrected chi connectivity index (χ1v) is 4.38. The third-order valence-electron chi connectivity index (χ3n) is 1.68. The fourth-order valence-electron chi connectivity index (χ4n) is 1.02. The molecule has 0 aliphatic carbocycles. The number of rotatable bonds is 4. The smallest absolute Gasteiger partial charge is 0.383 e. The molecule has 0 fully saturated rings. The third kappa shape index (κ3) is 4.51. The van der Waals surface area contributed by atoms with Crippen LogP contribution in [0.2, 0.25) is 0 Å². The molecule has 1 rings (SSSR count). The van der Waals surface area contributed by atoms with Crippen molar-refractivity contribution in [2.75, 3.05) is 18.5 Å². The van der Waals surface area contributed by atoms with E-state index in [2.05, 4.69) is 10.1 Å². The molecule has 0 saturated carbocycles. The van der Waals surface area contributed by atoms with Crippen LogP contribution < -0.4 is 5.32 Å². The molecule has 0 aliphatic heterocycles. The number of benzene rings is 1. The Balaban J connectivity index is 2.48. The van der Waals surface area contributed by atoms with E-state index in [9.17, 15) is 26.3 Å². The van der Waals surface area contributed by atoms with Crippen molar-refractivity contribution < 1.29 is 31.1 Å². The van der Waals surface area contributed by atoms with Gasteiger partial charge in [0.2, 0.25) is 0 Å². The van der Waals surface area contributed by atoms with E-state index in [1.807, 2.05) is 0 Å². The normalized spacial score (nSPS) is 11.6. The molecule has 2 nitrogen and oxygen atoms in total. The highest BCUT2D eigenvalue weighted by molar-refractivity contribution is 5.44. The van der Waals surface area contributed by atoms with Crippen LogP contribution >= 0.6 is 0 Å². The number of hydrogen-bond acceptors (Lipinski definition) is 2. The Morgan fingerprint density at radius 1 is 1.06 bits per heavy atom. The first kappa shape index (κ1) is 13.6. The summed E-state index contributed by atoms with van der Waals surface area (Å²) in [6.07, 6.45) is -4.76. The van der Waals surface area contributed by atoms with Crippen LogP contribution in [-0.4, -0.2) is 19.5 Å². The summed E-state index contributed by atoms with van der Waals surface area (Å²) in [4.78, 5) is 0. The minimum absolute atomic E-state index is 0.174. The second-order valence-corrected chi connectivity index (χ2v) is 2.97. The van der Waals surface area contributed by atoms with E-state index in [1.54, 1.807) is 0 Å². The van der Waals surface area contributed by atoms with Crippen molar-refractivity contribution in [3.63, 3.8) is 0 Å². The minimum Gasteiger partial charge on any atom is -0.383 e. The van der Waals surface area contributed by atoms with Crippen LogP contribution in [0.25, 0.3) is 0 Å². The zero-order chi connectivity index (χ0) is 13.1. The fourth-order valence-corrected chi connectivity index (χ4v) is 1.02. The Bertz CT molecular complexity index is 369. The number of alkyl halides is 3. The minimum atomic E-state index is -4.76. The van der Waals surface area contributed by atoms with Gasteiger partial charge in [0.1, 0.15) is 0 Å². The van der Waals surface area contributed by atoms with Gasteiger partial charge in [0.25, 0.3) is 0 Å². The molecule has 96 valence electrons. The van der Waals surface area contributed by atoms with Crippen molar-refractivity contribution >= 4 is 5.69 Å². The predicted molar refractivity (Wildman–Crippen MR) is 46.8 cm³/mol. The molecule has 0 unspecified atom stereocenters.